The molecule has 0 atom stereocenters. The molecule has 0 bridgehead atoms. The van der Waals surface area contributed by atoms with Gasteiger partial charge in [0, 0.05) is 16.9 Å². The summed E-state index contributed by atoms with van der Waals surface area (Å²) >= 11 is 0. The highest BCUT2D eigenvalue weighted by molar-refractivity contribution is 5.94. The number of benzene rings is 2. The highest BCUT2D eigenvalue weighted by atomic mass is 16.5. The Labute approximate surface area is 119 Å². The molecule has 0 heterocycles. The molecule has 0 aliphatic heterocycles. The number of Topliss-reactive ketones (excluding diaryl/α,β-unsaturated/α-hetero) is 1. The van der Waals surface area contributed by atoms with Gasteiger partial charge < -0.3 is 10.1 Å². The van der Waals surface area contributed by atoms with Crippen LogP contribution >= 0.6 is 0 Å². The molecule has 2 rings (SSSR count). The van der Waals surface area contributed by atoms with Crippen molar-refractivity contribution in [3.05, 3.63) is 53.1 Å². The lowest BCUT2D eigenvalue weighted by Gasteiger charge is -2.13. The van der Waals surface area contributed by atoms with Gasteiger partial charge in [-0.3, -0.25) is 4.79 Å². The second kappa shape index (κ2) is 5.78. The molecule has 0 spiro atoms. The van der Waals surface area contributed by atoms with E-state index in [0.29, 0.717) is 0 Å². The summed E-state index contributed by atoms with van der Waals surface area (Å²) in [6.45, 7) is 5.62. The zero-order valence-electron chi connectivity index (χ0n) is 12.3. The maximum absolute atomic E-state index is 11.2. The molecular weight excluding hydrogens is 250 g/mol. The molecule has 0 saturated heterocycles. The van der Waals surface area contributed by atoms with E-state index in [1.54, 1.807) is 14.0 Å². The number of nitrogens with one attached hydrogen (secondary N) is 1. The Morgan fingerprint density at radius 2 is 1.55 bits per heavy atom. The first-order chi connectivity index (χ1) is 9.51. The maximum Gasteiger partial charge on any atom is 0.159 e. The van der Waals surface area contributed by atoms with Crippen LogP contribution in [0.25, 0.3) is 0 Å². The van der Waals surface area contributed by atoms with Crippen molar-refractivity contribution in [2.75, 3.05) is 12.4 Å². The molecule has 3 heteroatoms. The van der Waals surface area contributed by atoms with E-state index >= 15 is 0 Å². The molecule has 0 aliphatic carbocycles. The van der Waals surface area contributed by atoms with E-state index in [9.17, 15) is 4.79 Å². The summed E-state index contributed by atoms with van der Waals surface area (Å²) in [6.07, 6.45) is 0. The summed E-state index contributed by atoms with van der Waals surface area (Å²) < 4.78 is 5.36. The van der Waals surface area contributed by atoms with Gasteiger partial charge in [0.25, 0.3) is 0 Å². The Kier molecular flexibility index (Phi) is 4.08. The van der Waals surface area contributed by atoms with Gasteiger partial charge in [0.15, 0.2) is 5.78 Å². The third kappa shape index (κ3) is 2.99. The Hall–Kier alpha value is -2.29. The minimum atomic E-state index is 0.0766. The zero-order valence-corrected chi connectivity index (χ0v) is 12.3. The van der Waals surface area contributed by atoms with E-state index in [1.807, 2.05) is 50.2 Å². The van der Waals surface area contributed by atoms with Gasteiger partial charge in [-0.25, -0.2) is 0 Å². The minimum Gasteiger partial charge on any atom is -0.496 e. The highest BCUT2D eigenvalue weighted by Gasteiger charge is 2.06. The second-order valence-corrected chi connectivity index (χ2v) is 4.90. The minimum absolute atomic E-state index is 0.0766. The fourth-order valence-electron chi connectivity index (χ4n) is 2.30. The third-order valence-corrected chi connectivity index (χ3v) is 3.24. The van der Waals surface area contributed by atoms with Crippen molar-refractivity contribution >= 4 is 17.2 Å². The molecule has 2 aromatic carbocycles. The topological polar surface area (TPSA) is 38.3 Å². The van der Waals surface area contributed by atoms with Crippen LogP contribution in [0, 0.1) is 13.8 Å². The molecular formula is C17H19NO2. The standard InChI is InChI=1S/C17H19NO2/c1-11-9-16(10-12(2)17(11)20-4)18-15-7-5-14(6-8-15)13(3)19/h5-10,18H,1-4H3. The molecule has 0 aromatic heterocycles. The lowest BCUT2D eigenvalue weighted by Crippen LogP contribution is -1.96. The summed E-state index contributed by atoms with van der Waals surface area (Å²) in [4.78, 5) is 11.2. The Morgan fingerprint density at radius 1 is 1.00 bits per heavy atom. The number of carbonyl (C=O) groups is 1. The van der Waals surface area contributed by atoms with Crippen LogP contribution in [0.1, 0.15) is 28.4 Å². The fraction of sp³-hybridized carbons (Fsp3) is 0.235. The number of carbonyl (C=O) groups excluding carboxylic acids is 1. The number of hydrogen-bond donors (Lipinski definition) is 1. The summed E-state index contributed by atoms with van der Waals surface area (Å²) in [5, 5.41) is 3.34. The Balaban J connectivity index is 2.24. The molecule has 0 unspecified atom stereocenters. The lowest BCUT2D eigenvalue weighted by molar-refractivity contribution is 0.101. The van der Waals surface area contributed by atoms with Crippen LogP contribution in [0.3, 0.4) is 0 Å². The van der Waals surface area contributed by atoms with E-state index in [2.05, 4.69) is 5.32 Å². The van der Waals surface area contributed by atoms with Crippen molar-refractivity contribution in [1.29, 1.82) is 0 Å². The van der Waals surface area contributed by atoms with E-state index in [-0.39, 0.29) is 5.78 Å². The van der Waals surface area contributed by atoms with Crippen molar-refractivity contribution in [2.24, 2.45) is 0 Å². The van der Waals surface area contributed by atoms with Crippen molar-refractivity contribution in [3.63, 3.8) is 0 Å². The van der Waals surface area contributed by atoms with Crippen LogP contribution in [-0.2, 0) is 0 Å². The average molecular weight is 269 g/mol. The van der Waals surface area contributed by atoms with Gasteiger partial charge in [-0.05, 0) is 68.3 Å². The molecule has 3 nitrogen and oxygen atoms in total. The maximum atomic E-state index is 11.2. The van der Waals surface area contributed by atoms with Crippen molar-refractivity contribution < 1.29 is 9.53 Å². The first-order valence-electron chi connectivity index (χ1n) is 6.54. The van der Waals surface area contributed by atoms with Crippen molar-refractivity contribution in [1.82, 2.24) is 0 Å². The molecule has 0 radical (unpaired) electrons. The monoisotopic (exact) mass is 269 g/mol. The van der Waals surface area contributed by atoms with Crippen LogP contribution in [0.5, 0.6) is 5.75 Å². The molecule has 0 amide bonds. The molecule has 104 valence electrons. The fourth-order valence-corrected chi connectivity index (χ4v) is 2.30. The molecule has 0 saturated carbocycles. The smallest absolute Gasteiger partial charge is 0.159 e. The predicted octanol–water partition coefficient (Wildman–Crippen LogP) is 4.26. The number of anilines is 2. The normalized spacial score (nSPS) is 10.2. The number of ether oxygens (including phenoxy) is 1. The number of ketones is 1. The van der Waals surface area contributed by atoms with Gasteiger partial charge in [-0.1, -0.05) is 0 Å². The third-order valence-electron chi connectivity index (χ3n) is 3.24. The van der Waals surface area contributed by atoms with E-state index in [4.69, 9.17) is 4.74 Å². The summed E-state index contributed by atoms with van der Waals surface area (Å²) in [6, 6.07) is 11.6. The predicted molar refractivity (Wildman–Crippen MR) is 82.2 cm³/mol. The van der Waals surface area contributed by atoms with Crippen molar-refractivity contribution in [2.45, 2.75) is 20.8 Å². The first kappa shape index (κ1) is 14.1. The van der Waals surface area contributed by atoms with Crippen LogP contribution in [0.4, 0.5) is 11.4 Å². The van der Waals surface area contributed by atoms with Gasteiger partial charge in [0.1, 0.15) is 5.75 Å². The Bertz CT molecular complexity index is 607. The lowest BCUT2D eigenvalue weighted by atomic mass is 10.1. The average Bonchev–Trinajstić information content (AvgIpc) is 2.39. The first-order valence-corrected chi connectivity index (χ1v) is 6.54. The highest BCUT2D eigenvalue weighted by Crippen LogP contribution is 2.28. The SMILES string of the molecule is COc1c(C)cc(Nc2ccc(C(C)=O)cc2)cc1C. The molecule has 0 fully saturated rings. The molecule has 20 heavy (non-hydrogen) atoms. The van der Waals surface area contributed by atoms with Crippen LogP contribution in [0.2, 0.25) is 0 Å². The van der Waals surface area contributed by atoms with Crippen molar-refractivity contribution in [3.8, 4) is 5.75 Å². The van der Waals surface area contributed by atoms with E-state index in [1.165, 1.54) is 0 Å². The van der Waals surface area contributed by atoms with Gasteiger partial charge in [0.2, 0.25) is 0 Å². The summed E-state index contributed by atoms with van der Waals surface area (Å²) in [5.41, 5.74) is 4.87. The number of aryl methyl sites for hydroxylation is 2. The molecule has 2 aromatic rings. The van der Waals surface area contributed by atoms with Gasteiger partial charge in [-0.2, -0.15) is 0 Å². The summed E-state index contributed by atoms with van der Waals surface area (Å²) in [5.74, 6) is 0.996. The largest absolute Gasteiger partial charge is 0.496 e. The number of rotatable bonds is 4. The van der Waals surface area contributed by atoms with Crippen LogP contribution in [0.15, 0.2) is 36.4 Å². The van der Waals surface area contributed by atoms with Gasteiger partial charge >= 0.3 is 0 Å². The van der Waals surface area contributed by atoms with Gasteiger partial charge in [-0.15, -0.1) is 0 Å². The van der Waals surface area contributed by atoms with Crippen LogP contribution < -0.4 is 10.1 Å². The number of methoxy groups -OCH3 is 1. The Morgan fingerprint density at radius 3 is 2.00 bits per heavy atom. The van der Waals surface area contributed by atoms with Gasteiger partial charge in [0.05, 0.1) is 7.11 Å². The second-order valence-electron chi connectivity index (χ2n) is 4.90. The van der Waals surface area contributed by atoms with E-state index < -0.39 is 0 Å². The zero-order chi connectivity index (χ0) is 14.7. The summed E-state index contributed by atoms with van der Waals surface area (Å²) in [7, 11) is 1.68. The van der Waals surface area contributed by atoms with Crippen LogP contribution in [-0.4, -0.2) is 12.9 Å². The molecule has 1 N–H and O–H groups in total. The quantitative estimate of drug-likeness (QED) is 0.843. The number of hydrogen-bond acceptors (Lipinski definition) is 3. The molecule has 0 aliphatic rings. The van der Waals surface area contributed by atoms with E-state index in [0.717, 1.165) is 33.8 Å².